The highest BCUT2D eigenvalue weighted by Gasteiger charge is 2.14. The van der Waals surface area contributed by atoms with Gasteiger partial charge in [0.15, 0.2) is 0 Å². The lowest BCUT2D eigenvalue weighted by Crippen LogP contribution is -1.85. The van der Waals surface area contributed by atoms with Crippen molar-refractivity contribution in [3.05, 3.63) is 52.7 Å². The molecule has 17 heavy (non-hydrogen) atoms. The lowest BCUT2D eigenvalue weighted by Gasteiger charge is -2.11. The summed E-state index contributed by atoms with van der Waals surface area (Å²) in [5, 5.41) is 0. The van der Waals surface area contributed by atoms with Crippen LogP contribution in [-0.4, -0.2) is 0 Å². The number of halogens is 5. The molecule has 0 N–H and O–H groups in total. The summed E-state index contributed by atoms with van der Waals surface area (Å²) in [6.07, 6.45) is 0. The van der Waals surface area contributed by atoms with E-state index < -0.39 is 0 Å². The second-order valence-electron chi connectivity index (χ2n) is 3.35. The minimum Gasteiger partial charge on any atom is -0.0532 e. The molecule has 0 heterocycles. The zero-order valence-corrected chi connectivity index (χ0v) is 16.2. The first-order valence-electron chi connectivity index (χ1n) is 4.59. The van der Waals surface area contributed by atoms with Gasteiger partial charge in [0.2, 0.25) is 0 Å². The van der Waals surface area contributed by atoms with E-state index in [0.29, 0.717) is 0 Å². The smallest absolute Gasteiger partial charge is 0.0408 e. The molecule has 0 saturated heterocycles. The van der Waals surface area contributed by atoms with Gasteiger partial charge in [0.1, 0.15) is 0 Å². The molecule has 0 radical (unpaired) electrons. The largest absolute Gasteiger partial charge is 0.0532 e. The molecular formula is C12H5Br5. The zero-order valence-electron chi connectivity index (χ0n) is 8.28. The fourth-order valence-electron chi connectivity index (χ4n) is 1.44. The van der Waals surface area contributed by atoms with Crippen molar-refractivity contribution in [2.75, 3.05) is 0 Å². The third kappa shape index (κ3) is 3.06. The Bertz CT molecular complexity index is 534. The second-order valence-corrected chi connectivity index (χ2v) is 7.56. The maximum atomic E-state index is 3.61. The first-order chi connectivity index (χ1) is 8.00. The average molecular weight is 549 g/mol. The highest BCUT2D eigenvalue weighted by atomic mass is 79.9. The van der Waals surface area contributed by atoms with Crippen molar-refractivity contribution >= 4 is 79.6 Å². The Morgan fingerprint density at radius 2 is 1.12 bits per heavy atom. The summed E-state index contributed by atoms with van der Waals surface area (Å²) >= 11 is 17.7. The molecule has 0 bridgehead atoms. The predicted octanol–water partition coefficient (Wildman–Crippen LogP) is 7.17. The quantitative estimate of drug-likeness (QED) is 0.332. The number of rotatable bonds is 1. The van der Waals surface area contributed by atoms with Crippen molar-refractivity contribution in [2.24, 2.45) is 0 Å². The van der Waals surface area contributed by atoms with Gasteiger partial charge in [-0.05, 0) is 87.5 Å². The monoisotopic (exact) mass is 544 g/mol. The molecule has 0 aliphatic carbocycles. The van der Waals surface area contributed by atoms with Crippen molar-refractivity contribution in [1.82, 2.24) is 0 Å². The van der Waals surface area contributed by atoms with E-state index in [0.717, 1.165) is 33.5 Å². The Kier molecular flexibility index (Phi) is 4.92. The standard InChI is InChI=1S/C12H5Br5/c13-7-3-1-6(2-4-7)10-11(16)8(14)5-9(15)12(10)17/h1-5H. The third-order valence-corrected chi connectivity index (χ3v) is 6.74. The summed E-state index contributed by atoms with van der Waals surface area (Å²) < 4.78 is 5.18. The van der Waals surface area contributed by atoms with Crippen molar-refractivity contribution in [3.8, 4) is 11.1 Å². The van der Waals surface area contributed by atoms with Gasteiger partial charge in [-0.3, -0.25) is 0 Å². The summed E-state index contributed by atoms with van der Waals surface area (Å²) in [6.45, 7) is 0. The van der Waals surface area contributed by atoms with Crippen LogP contribution in [0.1, 0.15) is 0 Å². The molecule has 2 rings (SSSR count). The van der Waals surface area contributed by atoms with Gasteiger partial charge in [-0.2, -0.15) is 0 Å². The van der Waals surface area contributed by atoms with E-state index in [1.54, 1.807) is 0 Å². The van der Waals surface area contributed by atoms with Crippen LogP contribution in [0.3, 0.4) is 0 Å². The Labute approximate surface area is 142 Å². The van der Waals surface area contributed by atoms with Crippen LogP contribution in [-0.2, 0) is 0 Å². The first kappa shape index (κ1) is 14.3. The van der Waals surface area contributed by atoms with Gasteiger partial charge in [-0.25, -0.2) is 0 Å². The maximum Gasteiger partial charge on any atom is 0.0408 e. The third-order valence-electron chi connectivity index (χ3n) is 2.24. The lowest BCUT2D eigenvalue weighted by atomic mass is 10.1. The van der Waals surface area contributed by atoms with E-state index in [2.05, 4.69) is 91.8 Å². The van der Waals surface area contributed by atoms with E-state index in [9.17, 15) is 0 Å². The Hall–Kier alpha value is 0.840. The lowest BCUT2D eigenvalue weighted by molar-refractivity contribution is 1.48. The molecule has 2 aromatic rings. The van der Waals surface area contributed by atoms with Gasteiger partial charge in [0.25, 0.3) is 0 Å². The molecule has 0 atom stereocenters. The summed E-state index contributed by atoms with van der Waals surface area (Å²) in [5.74, 6) is 0. The van der Waals surface area contributed by atoms with Gasteiger partial charge < -0.3 is 0 Å². The van der Waals surface area contributed by atoms with Gasteiger partial charge in [-0.15, -0.1) is 0 Å². The van der Waals surface area contributed by atoms with Gasteiger partial charge in [0.05, 0.1) is 0 Å². The molecule has 0 aliphatic rings. The van der Waals surface area contributed by atoms with Gasteiger partial charge >= 0.3 is 0 Å². The SMILES string of the molecule is Brc1ccc(-c2c(Br)c(Br)cc(Br)c2Br)cc1. The molecule has 0 spiro atoms. The fourth-order valence-corrected chi connectivity index (χ4v) is 4.22. The molecule has 0 aromatic heterocycles. The Balaban J connectivity index is 2.70. The van der Waals surface area contributed by atoms with E-state index in [1.807, 2.05) is 18.2 Å². The summed E-state index contributed by atoms with van der Waals surface area (Å²) in [5.41, 5.74) is 2.27. The minimum absolute atomic E-state index is 1.02. The maximum absolute atomic E-state index is 3.61. The zero-order chi connectivity index (χ0) is 12.6. The normalized spacial score (nSPS) is 10.6. The molecule has 0 saturated carbocycles. The number of hydrogen-bond acceptors (Lipinski definition) is 0. The second kappa shape index (κ2) is 5.87. The Morgan fingerprint density at radius 3 is 1.59 bits per heavy atom. The topological polar surface area (TPSA) is 0 Å². The molecule has 5 heteroatoms. The van der Waals surface area contributed by atoms with Crippen LogP contribution < -0.4 is 0 Å². The fraction of sp³-hybridized carbons (Fsp3) is 0. The predicted molar refractivity (Wildman–Crippen MR) is 90.4 cm³/mol. The molecule has 0 amide bonds. The van der Waals surface area contributed by atoms with Crippen molar-refractivity contribution in [2.45, 2.75) is 0 Å². The average Bonchev–Trinajstić information content (AvgIpc) is 2.29. The van der Waals surface area contributed by atoms with Gasteiger partial charge in [0, 0.05) is 27.9 Å². The van der Waals surface area contributed by atoms with Crippen LogP contribution in [0.25, 0.3) is 11.1 Å². The van der Waals surface area contributed by atoms with E-state index in [1.165, 1.54) is 0 Å². The van der Waals surface area contributed by atoms with Crippen LogP contribution in [0, 0.1) is 0 Å². The summed E-state index contributed by atoms with van der Waals surface area (Å²) in [6, 6.07) is 10.2. The molecule has 0 unspecified atom stereocenters. The molecule has 0 aliphatic heterocycles. The highest BCUT2D eigenvalue weighted by molar-refractivity contribution is 9.14. The van der Waals surface area contributed by atoms with E-state index in [-0.39, 0.29) is 0 Å². The van der Waals surface area contributed by atoms with Crippen LogP contribution in [0.2, 0.25) is 0 Å². The van der Waals surface area contributed by atoms with Crippen molar-refractivity contribution < 1.29 is 0 Å². The Morgan fingerprint density at radius 1 is 0.647 bits per heavy atom. The summed E-state index contributed by atoms with van der Waals surface area (Å²) in [7, 11) is 0. The van der Waals surface area contributed by atoms with Gasteiger partial charge in [-0.1, -0.05) is 28.1 Å². The van der Waals surface area contributed by atoms with Crippen LogP contribution in [0.5, 0.6) is 0 Å². The molecule has 88 valence electrons. The molecular weight excluding hydrogens is 544 g/mol. The summed E-state index contributed by atoms with van der Waals surface area (Å²) in [4.78, 5) is 0. The number of benzene rings is 2. The van der Waals surface area contributed by atoms with Crippen molar-refractivity contribution in [3.63, 3.8) is 0 Å². The highest BCUT2D eigenvalue weighted by Crippen LogP contribution is 2.43. The van der Waals surface area contributed by atoms with E-state index >= 15 is 0 Å². The van der Waals surface area contributed by atoms with Crippen molar-refractivity contribution in [1.29, 1.82) is 0 Å². The molecule has 0 fully saturated rings. The van der Waals surface area contributed by atoms with E-state index in [4.69, 9.17) is 0 Å². The van der Waals surface area contributed by atoms with Crippen LogP contribution in [0.15, 0.2) is 52.7 Å². The van der Waals surface area contributed by atoms with Crippen LogP contribution in [0.4, 0.5) is 0 Å². The molecule has 0 nitrogen and oxygen atoms in total. The first-order valence-corrected chi connectivity index (χ1v) is 8.56. The minimum atomic E-state index is 1.02. The number of hydrogen-bond donors (Lipinski definition) is 0. The van der Waals surface area contributed by atoms with Crippen LogP contribution >= 0.6 is 79.6 Å². The molecule has 2 aromatic carbocycles.